The van der Waals surface area contributed by atoms with Gasteiger partial charge in [-0.25, -0.2) is 4.98 Å². The van der Waals surface area contributed by atoms with Crippen molar-refractivity contribution >= 4 is 22.6 Å². The molecule has 36 heavy (non-hydrogen) atoms. The molecule has 1 aliphatic carbocycles. The van der Waals surface area contributed by atoms with Gasteiger partial charge in [-0.2, -0.15) is 0 Å². The van der Waals surface area contributed by atoms with Crippen LogP contribution in [-0.4, -0.2) is 33.2 Å². The van der Waals surface area contributed by atoms with Crippen LogP contribution in [0.3, 0.4) is 0 Å². The van der Waals surface area contributed by atoms with Gasteiger partial charge in [0.25, 0.3) is 0 Å². The number of pyridine rings is 1. The van der Waals surface area contributed by atoms with Gasteiger partial charge in [0.05, 0.1) is 17.5 Å². The highest BCUT2D eigenvalue weighted by atomic mass is 35.5. The molecule has 1 aliphatic heterocycles. The summed E-state index contributed by atoms with van der Waals surface area (Å²) in [5, 5.41) is 11.8. The molecule has 6 heteroatoms. The van der Waals surface area contributed by atoms with Crippen LogP contribution in [0, 0.1) is 11.8 Å². The molecular weight excluding hydrogens is 472 g/mol. The Hall–Kier alpha value is -3.43. The molecule has 0 radical (unpaired) electrons. The summed E-state index contributed by atoms with van der Waals surface area (Å²) in [6.45, 7) is 1.45. The molecule has 180 valence electrons. The average molecular weight is 497 g/mol. The molecule has 2 aromatic carbocycles. The number of hydrogen-bond donors (Lipinski definition) is 1. The molecule has 0 unspecified atom stereocenters. The van der Waals surface area contributed by atoms with Gasteiger partial charge < -0.3 is 9.52 Å². The Balaban J connectivity index is 1.20. The van der Waals surface area contributed by atoms with Crippen LogP contribution in [-0.2, 0) is 6.54 Å². The summed E-state index contributed by atoms with van der Waals surface area (Å²) in [4.78, 5) is 19.6. The van der Waals surface area contributed by atoms with E-state index in [1.165, 1.54) is 0 Å². The third-order valence-corrected chi connectivity index (χ3v) is 7.41. The Labute approximate surface area is 214 Å². The fourth-order valence-electron chi connectivity index (χ4n) is 5.06. The summed E-state index contributed by atoms with van der Waals surface area (Å²) >= 11 is 5.96. The molecule has 5 nitrogen and oxygen atoms in total. The molecule has 2 aromatic heterocycles. The van der Waals surface area contributed by atoms with E-state index in [0.717, 1.165) is 48.9 Å². The van der Waals surface area contributed by atoms with Gasteiger partial charge in [-0.15, -0.1) is 0 Å². The second-order valence-corrected chi connectivity index (χ2v) is 10.1. The van der Waals surface area contributed by atoms with E-state index >= 15 is 0 Å². The zero-order valence-electron chi connectivity index (χ0n) is 19.7. The van der Waals surface area contributed by atoms with Crippen LogP contribution in [0.4, 0.5) is 0 Å². The van der Waals surface area contributed by atoms with Crippen LogP contribution >= 0.6 is 11.6 Å². The van der Waals surface area contributed by atoms with Gasteiger partial charge in [0.1, 0.15) is 17.0 Å². The van der Waals surface area contributed by atoms with Crippen molar-refractivity contribution in [2.75, 3.05) is 6.54 Å². The maximum atomic E-state index is 12.9. The number of halogens is 1. The van der Waals surface area contributed by atoms with Crippen molar-refractivity contribution in [2.45, 2.75) is 43.9 Å². The quantitative estimate of drug-likeness (QED) is 0.383. The molecule has 0 spiro atoms. The van der Waals surface area contributed by atoms with Crippen molar-refractivity contribution in [1.82, 2.24) is 9.88 Å². The van der Waals surface area contributed by atoms with Crippen molar-refractivity contribution in [2.24, 2.45) is 0 Å². The largest absolute Gasteiger partial charge is 0.459 e. The van der Waals surface area contributed by atoms with Gasteiger partial charge in [0, 0.05) is 34.5 Å². The Morgan fingerprint density at radius 2 is 1.86 bits per heavy atom. The summed E-state index contributed by atoms with van der Waals surface area (Å²) in [5.41, 5.74) is 3.32. The normalized spacial score (nSPS) is 18.7. The first kappa shape index (κ1) is 23.0. The number of hydrogen-bond acceptors (Lipinski definition) is 5. The van der Waals surface area contributed by atoms with E-state index in [4.69, 9.17) is 16.0 Å². The van der Waals surface area contributed by atoms with Crippen molar-refractivity contribution in [3.8, 4) is 23.0 Å². The predicted octanol–water partition coefficient (Wildman–Crippen LogP) is 5.40. The second kappa shape index (κ2) is 9.22. The lowest BCUT2D eigenvalue weighted by atomic mass is 10.1. The maximum Gasteiger partial charge on any atom is 0.193 e. The molecule has 0 bridgehead atoms. The van der Waals surface area contributed by atoms with Crippen molar-refractivity contribution in [3.05, 3.63) is 99.1 Å². The number of aromatic nitrogens is 1. The van der Waals surface area contributed by atoms with Gasteiger partial charge in [0.2, 0.25) is 0 Å². The summed E-state index contributed by atoms with van der Waals surface area (Å²) < 4.78 is 6.07. The van der Waals surface area contributed by atoms with Gasteiger partial charge in [-0.05, 0) is 80.1 Å². The summed E-state index contributed by atoms with van der Waals surface area (Å²) in [7, 11) is 0. The highest BCUT2D eigenvalue weighted by molar-refractivity contribution is 6.30. The van der Waals surface area contributed by atoms with E-state index in [0.29, 0.717) is 34.0 Å². The molecule has 2 fully saturated rings. The maximum absolute atomic E-state index is 12.9. The molecule has 1 saturated heterocycles. The molecule has 0 amide bonds. The topological polar surface area (TPSA) is 66.6 Å². The molecule has 1 atom stereocenters. The van der Waals surface area contributed by atoms with Crippen LogP contribution in [0.15, 0.2) is 76.1 Å². The molecule has 3 heterocycles. The van der Waals surface area contributed by atoms with Crippen molar-refractivity contribution < 1.29 is 9.52 Å². The Morgan fingerprint density at radius 3 is 2.61 bits per heavy atom. The Kier molecular flexibility index (Phi) is 5.89. The van der Waals surface area contributed by atoms with Gasteiger partial charge in [-0.1, -0.05) is 35.7 Å². The summed E-state index contributed by atoms with van der Waals surface area (Å²) in [5.74, 6) is 6.81. The van der Waals surface area contributed by atoms with E-state index in [1.807, 2.05) is 42.5 Å². The first-order valence-corrected chi connectivity index (χ1v) is 12.6. The summed E-state index contributed by atoms with van der Waals surface area (Å²) in [6, 6.07) is 18.6. The van der Waals surface area contributed by atoms with E-state index in [1.54, 1.807) is 24.4 Å². The number of benzene rings is 2. The van der Waals surface area contributed by atoms with E-state index < -0.39 is 5.60 Å². The smallest absolute Gasteiger partial charge is 0.193 e. The van der Waals surface area contributed by atoms with Crippen LogP contribution in [0.2, 0.25) is 5.02 Å². The van der Waals surface area contributed by atoms with Crippen LogP contribution in [0.1, 0.15) is 42.7 Å². The zero-order chi connectivity index (χ0) is 24.7. The molecule has 1 saturated carbocycles. The first-order chi connectivity index (χ1) is 17.5. The fraction of sp³-hybridized carbons (Fsp3) is 0.267. The Morgan fingerprint density at radius 1 is 1.06 bits per heavy atom. The minimum atomic E-state index is -0.549. The van der Waals surface area contributed by atoms with Gasteiger partial charge in [-0.3, -0.25) is 9.69 Å². The third-order valence-electron chi connectivity index (χ3n) is 7.16. The lowest BCUT2D eigenvalue weighted by Gasteiger charge is -2.28. The lowest BCUT2D eigenvalue weighted by Crippen LogP contribution is -2.40. The van der Waals surface area contributed by atoms with Crippen molar-refractivity contribution in [3.63, 3.8) is 0 Å². The van der Waals surface area contributed by atoms with Gasteiger partial charge in [0.15, 0.2) is 5.43 Å². The standard InChI is InChI=1S/C30H25ClN2O3/c31-23-8-5-21(6-9-23)22-7-11-24(32-18-22)10-3-20-4-12-28-26(16-20)27(34)17-25(36-28)19-33-15-1-2-29(33)30(35)13-14-30/h4-9,11-12,16-18,29,35H,1-2,13-15,19H2/t29-/m0/s1. The summed E-state index contributed by atoms with van der Waals surface area (Å²) in [6.07, 6.45) is 5.57. The number of rotatable bonds is 4. The SMILES string of the molecule is O=c1cc(CN2CCC[C@H]2C2(O)CC2)oc2ccc(C#Cc3ccc(-c4ccc(Cl)cc4)cn3)cc12. The first-order valence-electron chi connectivity index (χ1n) is 12.2. The molecule has 6 rings (SSSR count). The fourth-order valence-corrected chi connectivity index (χ4v) is 5.19. The van der Waals surface area contributed by atoms with E-state index in [9.17, 15) is 9.90 Å². The third kappa shape index (κ3) is 4.68. The van der Waals surface area contributed by atoms with Crippen molar-refractivity contribution in [1.29, 1.82) is 0 Å². The minimum Gasteiger partial charge on any atom is -0.459 e. The average Bonchev–Trinajstić information content (AvgIpc) is 3.45. The number of fused-ring (bicyclic) bond motifs is 1. The molecule has 2 aliphatic rings. The number of aliphatic hydroxyl groups is 1. The minimum absolute atomic E-state index is 0.0822. The van der Waals surface area contributed by atoms with E-state index in [-0.39, 0.29) is 11.5 Å². The number of nitrogens with zero attached hydrogens (tertiary/aromatic N) is 2. The highest BCUT2D eigenvalue weighted by Crippen LogP contribution is 2.45. The lowest BCUT2D eigenvalue weighted by molar-refractivity contribution is 0.0454. The molecular formula is C30H25ClN2O3. The van der Waals surface area contributed by atoms with Crippen LogP contribution in [0.5, 0.6) is 0 Å². The Bertz CT molecular complexity index is 1540. The van der Waals surface area contributed by atoms with Crippen LogP contribution in [0.25, 0.3) is 22.1 Å². The number of likely N-dealkylation sites (tertiary alicyclic amines) is 1. The highest BCUT2D eigenvalue weighted by Gasteiger charge is 2.51. The molecule has 4 aromatic rings. The van der Waals surface area contributed by atoms with Gasteiger partial charge >= 0.3 is 0 Å². The predicted molar refractivity (Wildman–Crippen MR) is 141 cm³/mol. The zero-order valence-corrected chi connectivity index (χ0v) is 20.5. The monoisotopic (exact) mass is 496 g/mol. The second-order valence-electron chi connectivity index (χ2n) is 9.71. The van der Waals surface area contributed by atoms with E-state index in [2.05, 4.69) is 21.7 Å². The van der Waals surface area contributed by atoms with Crippen LogP contribution < -0.4 is 5.43 Å². The molecule has 1 N–H and O–H groups in total.